The lowest BCUT2D eigenvalue weighted by Gasteiger charge is -2.15. The van der Waals surface area contributed by atoms with Crippen LogP contribution < -0.4 is 4.74 Å². The molecule has 1 amide bonds. The van der Waals surface area contributed by atoms with Gasteiger partial charge >= 0.3 is 6.09 Å². The maximum absolute atomic E-state index is 11.6. The van der Waals surface area contributed by atoms with Crippen molar-refractivity contribution in [2.45, 2.75) is 13.5 Å². The van der Waals surface area contributed by atoms with Crippen molar-refractivity contribution in [2.24, 2.45) is 0 Å². The molecule has 1 aromatic rings. The topological polar surface area (TPSA) is 32.8 Å². The summed E-state index contributed by atoms with van der Waals surface area (Å²) in [5.41, 5.74) is 1.12. The minimum absolute atomic E-state index is 0.325. The average molecular weight is 236 g/mol. The van der Waals surface area contributed by atoms with E-state index in [2.05, 4.69) is 4.90 Å². The molecule has 94 valence electrons. The van der Waals surface area contributed by atoms with Gasteiger partial charge < -0.3 is 14.5 Å². The first-order valence-electron chi connectivity index (χ1n) is 5.69. The summed E-state index contributed by atoms with van der Waals surface area (Å²) in [6, 6.07) is 7.59. The Kier molecular flexibility index (Phi) is 4.97. The highest BCUT2D eigenvalue weighted by Crippen LogP contribution is 2.15. The van der Waals surface area contributed by atoms with Gasteiger partial charge in [0.05, 0.1) is 0 Å². The van der Waals surface area contributed by atoms with Crippen molar-refractivity contribution in [3.63, 3.8) is 0 Å². The second-order valence-corrected chi connectivity index (χ2v) is 4.27. The molecule has 0 radical (unpaired) electrons. The predicted octanol–water partition coefficient (Wildman–Crippen LogP) is 2.20. The van der Waals surface area contributed by atoms with Gasteiger partial charge in [0.2, 0.25) is 0 Å². The lowest BCUT2D eigenvalue weighted by Crippen LogP contribution is -2.29. The number of benzene rings is 1. The van der Waals surface area contributed by atoms with E-state index in [1.807, 2.05) is 39.2 Å². The SMILES string of the molecule is CCN(C)C(=O)Oc1cccc(CN(C)C)c1. The molecule has 4 nitrogen and oxygen atoms in total. The maximum Gasteiger partial charge on any atom is 0.414 e. The van der Waals surface area contributed by atoms with Gasteiger partial charge in [0, 0.05) is 20.1 Å². The maximum atomic E-state index is 11.6. The fourth-order valence-corrected chi connectivity index (χ4v) is 1.38. The van der Waals surface area contributed by atoms with Gasteiger partial charge in [0.1, 0.15) is 5.75 Å². The molecule has 0 aliphatic rings. The number of nitrogens with zero attached hydrogens (tertiary/aromatic N) is 2. The largest absolute Gasteiger partial charge is 0.414 e. The zero-order valence-electron chi connectivity index (χ0n) is 10.9. The number of amides is 1. The molecule has 0 aromatic heterocycles. The fourth-order valence-electron chi connectivity index (χ4n) is 1.38. The molecular weight excluding hydrogens is 216 g/mol. The Morgan fingerprint density at radius 3 is 2.59 bits per heavy atom. The third-order valence-corrected chi connectivity index (χ3v) is 2.39. The van der Waals surface area contributed by atoms with Gasteiger partial charge in [0.15, 0.2) is 0 Å². The van der Waals surface area contributed by atoms with E-state index < -0.39 is 0 Å². The Morgan fingerprint density at radius 2 is 2.00 bits per heavy atom. The van der Waals surface area contributed by atoms with Crippen LogP contribution >= 0.6 is 0 Å². The van der Waals surface area contributed by atoms with Gasteiger partial charge in [-0.1, -0.05) is 12.1 Å². The quantitative estimate of drug-likeness (QED) is 0.803. The van der Waals surface area contributed by atoms with E-state index in [4.69, 9.17) is 4.74 Å². The van der Waals surface area contributed by atoms with Gasteiger partial charge in [-0.15, -0.1) is 0 Å². The van der Waals surface area contributed by atoms with Crippen LogP contribution in [-0.2, 0) is 6.54 Å². The van der Waals surface area contributed by atoms with Gasteiger partial charge in [-0.3, -0.25) is 0 Å². The van der Waals surface area contributed by atoms with Crippen LogP contribution in [0, 0.1) is 0 Å². The van der Waals surface area contributed by atoms with Crippen LogP contribution in [0.1, 0.15) is 12.5 Å². The molecule has 1 aromatic carbocycles. The monoisotopic (exact) mass is 236 g/mol. The van der Waals surface area contributed by atoms with E-state index in [1.54, 1.807) is 13.1 Å². The molecule has 0 unspecified atom stereocenters. The van der Waals surface area contributed by atoms with E-state index >= 15 is 0 Å². The molecule has 4 heteroatoms. The number of hydrogen-bond donors (Lipinski definition) is 0. The molecule has 0 atom stereocenters. The molecule has 0 aliphatic carbocycles. The van der Waals surface area contributed by atoms with E-state index in [1.165, 1.54) is 4.90 Å². The second-order valence-electron chi connectivity index (χ2n) is 4.27. The number of carbonyl (C=O) groups is 1. The van der Waals surface area contributed by atoms with Crippen LogP contribution in [0.5, 0.6) is 5.75 Å². The van der Waals surface area contributed by atoms with Crippen LogP contribution in [0.4, 0.5) is 4.79 Å². The van der Waals surface area contributed by atoms with E-state index in [0.29, 0.717) is 12.3 Å². The molecule has 0 aliphatic heterocycles. The van der Waals surface area contributed by atoms with Crippen LogP contribution in [0.15, 0.2) is 24.3 Å². The Labute approximate surface area is 103 Å². The van der Waals surface area contributed by atoms with E-state index in [9.17, 15) is 4.79 Å². The summed E-state index contributed by atoms with van der Waals surface area (Å²) in [5, 5.41) is 0. The minimum Gasteiger partial charge on any atom is -0.410 e. The first kappa shape index (κ1) is 13.5. The van der Waals surface area contributed by atoms with Crippen molar-refractivity contribution in [3.8, 4) is 5.75 Å². The summed E-state index contributed by atoms with van der Waals surface area (Å²) >= 11 is 0. The van der Waals surface area contributed by atoms with Crippen molar-refractivity contribution in [1.82, 2.24) is 9.80 Å². The summed E-state index contributed by atoms with van der Waals surface area (Å²) in [6.45, 7) is 3.37. The Morgan fingerprint density at radius 1 is 1.29 bits per heavy atom. The van der Waals surface area contributed by atoms with Crippen LogP contribution in [0.2, 0.25) is 0 Å². The standard InChI is InChI=1S/C13H20N2O2/c1-5-15(4)13(16)17-12-8-6-7-11(9-12)10-14(2)3/h6-9H,5,10H2,1-4H3. The van der Waals surface area contributed by atoms with Gasteiger partial charge in [0.25, 0.3) is 0 Å². The zero-order chi connectivity index (χ0) is 12.8. The normalized spacial score (nSPS) is 10.4. The van der Waals surface area contributed by atoms with Gasteiger partial charge in [-0.25, -0.2) is 4.79 Å². The highest BCUT2D eigenvalue weighted by atomic mass is 16.6. The van der Waals surface area contributed by atoms with Gasteiger partial charge in [-0.2, -0.15) is 0 Å². The van der Waals surface area contributed by atoms with Gasteiger partial charge in [-0.05, 0) is 38.7 Å². The van der Waals surface area contributed by atoms with E-state index in [0.717, 1.165) is 12.1 Å². The zero-order valence-corrected chi connectivity index (χ0v) is 10.9. The molecule has 0 N–H and O–H groups in total. The Bertz CT molecular complexity index is 377. The fraction of sp³-hybridized carbons (Fsp3) is 0.462. The molecular formula is C13H20N2O2. The predicted molar refractivity (Wildman–Crippen MR) is 68.2 cm³/mol. The molecule has 0 heterocycles. The van der Waals surface area contributed by atoms with Crippen molar-refractivity contribution >= 4 is 6.09 Å². The first-order valence-corrected chi connectivity index (χ1v) is 5.69. The number of carbonyl (C=O) groups excluding carboxylic acids is 1. The Balaban J connectivity index is 2.68. The number of ether oxygens (including phenoxy) is 1. The number of hydrogen-bond acceptors (Lipinski definition) is 3. The summed E-state index contributed by atoms with van der Waals surface area (Å²) in [4.78, 5) is 15.2. The number of rotatable bonds is 4. The van der Waals surface area contributed by atoms with Crippen molar-refractivity contribution in [2.75, 3.05) is 27.7 Å². The molecule has 17 heavy (non-hydrogen) atoms. The van der Waals surface area contributed by atoms with Crippen LogP contribution in [0.3, 0.4) is 0 Å². The highest BCUT2D eigenvalue weighted by molar-refractivity contribution is 5.70. The van der Waals surface area contributed by atoms with Crippen molar-refractivity contribution in [1.29, 1.82) is 0 Å². The van der Waals surface area contributed by atoms with Crippen molar-refractivity contribution < 1.29 is 9.53 Å². The molecule has 1 rings (SSSR count). The molecule has 0 saturated heterocycles. The van der Waals surface area contributed by atoms with Crippen molar-refractivity contribution in [3.05, 3.63) is 29.8 Å². The summed E-state index contributed by atoms with van der Waals surface area (Å²) < 4.78 is 5.26. The molecule has 0 fully saturated rings. The lowest BCUT2D eigenvalue weighted by atomic mass is 10.2. The van der Waals surface area contributed by atoms with Crippen LogP contribution in [0.25, 0.3) is 0 Å². The summed E-state index contributed by atoms with van der Waals surface area (Å²) in [5.74, 6) is 0.592. The van der Waals surface area contributed by atoms with E-state index in [-0.39, 0.29) is 6.09 Å². The molecule has 0 spiro atoms. The summed E-state index contributed by atoms with van der Waals surface area (Å²) in [6.07, 6.45) is -0.325. The van der Waals surface area contributed by atoms with Crippen LogP contribution in [-0.4, -0.2) is 43.6 Å². The third kappa shape index (κ3) is 4.44. The third-order valence-electron chi connectivity index (χ3n) is 2.39. The smallest absolute Gasteiger partial charge is 0.410 e. The first-order chi connectivity index (χ1) is 8.02. The Hall–Kier alpha value is -1.55. The average Bonchev–Trinajstić information content (AvgIpc) is 2.27. The summed E-state index contributed by atoms with van der Waals surface area (Å²) in [7, 11) is 5.72. The second kappa shape index (κ2) is 6.25. The molecule has 0 saturated carbocycles. The molecule has 0 bridgehead atoms. The minimum atomic E-state index is -0.325. The highest BCUT2D eigenvalue weighted by Gasteiger charge is 2.09. The lowest BCUT2D eigenvalue weighted by molar-refractivity contribution is 0.165.